The summed E-state index contributed by atoms with van der Waals surface area (Å²) >= 11 is 0. The summed E-state index contributed by atoms with van der Waals surface area (Å²) in [6.07, 6.45) is 2.68. The van der Waals surface area contributed by atoms with E-state index in [-0.39, 0.29) is 5.56 Å². The lowest BCUT2D eigenvalue weighted by Crippen LogP contribution is -2.15. The average molecular weight is 356 g/mol. The Morgan fingerprint density at radius 3 is 2.78 bits per heavy atom. The monoisotopic (exact) mass is 356 g/mol. The Morgan fingerprint density at radius 1 is 1.26 bits per heavy atom. The maximum Gasteiger partial charge on any atom is 0.249 e. The van der Waals surface area contributed by atoms with Crippen LogP contribution in [0.5, 0.6) is 0 Å². The van der Waals surface area contributed by atoms with Crippen molar-refractivity contribution in [1.82, 2.24) is 4.98 Å². The molecule has 1 heterocycles. The zero-order valence-electron chi connectivity index (χ0n) is 14.8. The Hall–Kier alpha value is -3.45. The fraction of sp³-hybridized carbons (Fsp3) is 0.130. The molecule has 0 saturated heterocycles. The van der Waals surface area contributed by atoms with Crippen LogP contribution in [0.2, 0.25) is 0 Å². The number of nitrogens with two attached hydrogens (primary N) is 1. The first kappa shape index (κ1) is 17.0. The number of primary amides is 1. The molecule has 0 aliphatic heterocycles. The maximum absolute atomic E-state index is 15.0. The van der Waals surface area contributed by atoms with Crippen molar-refractivity contribution < 1.29 is 9.18 Å². The smallest absolute Gasteiger partial charge is 0.249 e. The summed E-state index contributed by atoms with van der Waals surface area (Å²) in [6, 6.07) is 12.8. The number of fused-ring (bicyclic) bond motifs is 3. The molecule has 1 aromatic heterocycles. The van der Waals surface area contributed by atoms with Gasteiger partial charge in [0.05, 0.1) is 0 Å². The Labute approximate surface area is 157 Å². The summed E-state index contributed by atoms with van der Waals surface area (Å²) in [5, 5.41) is 0. The third-order valence-electron chi connectivity index (χ3n) is 4.87. The summed E-state index contributed by atoms with van der Waals surface area (Å²) in [4.78, 5) is 16.2. The molecule has 4 heteroatoms. The Morgan fingerprint density at radius 2 is 2.07 bits per heavy atom. The number of aromatic nitrogens is 1. The zero-order valence-corrected chi connectivity index (χ0v) is 14.8. The molecule has 3 nitrogen and oxygen atoms in total. The minimum atomic E-state index is -0.603. The van der Waals surface area contributed by atoms with Crippen LogP contribution >= 0.6 is 0 Å². The molecule has 0 radical (unpaired) electrons. The van der Waals surface area contributed by atoms with E-state index in [0.717, 1.165) is 27.8 Å². The van der Waals surface area contributed by atoms with Crippen LogP contribution in [0.1, 0.15) is 45.2 Å². The minimum Gasteiger partial charge on any atom is -0.366 e. The molecule has 132 valence electrons. The molecule has 0 saturated carbocycles. The van der Waals surface area contributed by atoms with Crippen molar-refractivity contribution in [2.45, 2.75) is 19.8 Å². The number of rotatable bonds is 3. The Balaban J connectivity index is 1.85. The number of hydrogen-bond acceptors (Lipinski definition) is 2. The van der Waals surface area contributed by atoms with E-state index in [2.05, 4.69) is 16.8 Å². The highest BCUT2D eigenvalue weighted by atomic mass is 19.1. The van der Waals surface area contributed by atoms with Crippen molar-refractivity contribution in [1.29, 1.82) is 0 Å². The van der Waals surface area contributed by atoms with Gasteiger partial charge in [0.25, 0.3) is 0 Å². The fourth-order valence-corrected chi connectivity index (χ4v) is 3.68. The van der Waals surface area contributed by atoms with Crippen LogP contribution in [0.4, 0.5) is 4.39 Å². The lowest BCUT2D eigenvalue weighted by atomic mass is 9.91. The number of pyridine rings is 1. The van der Waals surface area contributed by atoms with Gasteiger partial charge in [-0.2, -0.15) is 0 Å². The van der Waals surface area contributed by atoms with E-state index in [1.54, 1.807) is 13.1 Å². The summed E-state index contributed by atoms with van der Waals surface area (Å²) in [7, 11) is 0. The molecule has 1 aliphatic carbocycles. The molecular formula is C23H17FN2O. The molecule has 3 aromatic rings. The van der Waals surface area contributed by atoms with Crippen LogP contribution in [-0.4, -0.2) is 10.9 Å². The maximum atomic E-state index is 15.0. The van der Waals surface area contributed by atoms with Gasteiger partial charge in [-0.3, -0.25) is 4.79 Å². The summed E-state index contributed by atoms with van der Waals surface area (Å²) in [5.74, 6) is 4.68. The van der Waals surface area contributed by atoms with Gasteiger partial charge in [-0.25, -0.2) is 9.37 Å². The van der Waals surface area contributed by atoms with Gasteiger partial charge in [0.2, 0.25) is 5.91 Å². The van der Waals surface area contributed by atoms with Crippen molar-refractivity contribution in [2.75, 3.05) is 0 Å². The lowest BCUT2D eigenvalue weighted by molar-refractivity contribution is 0.0999. The summed E-state index contributed by atoms with van der Waals surface area (Å²) in [6.45, 7) is 1.76. The SMILES string of the molecule is CC#Cc1ccc(Cc2c(F)cc(C(N)=O)c3c2-c2ccccc2C3)cn1. The summed E-state index contributed by atoms with van der Waals surface area (Å²) in [5.41, 5.74) is 11.5. The highest BCUT2D eigenvalue weighted by Gasteiger charge is 2.28. The molecule has 4 rings (SSSR count). The van der Waals surface area contributed by atoms with Crippen molar-refractivity contribution in [3.63, 3.8) is 0 Å². The summed E-state index contributed by atoms with van der Waals surface area (Å²) < 4.78 is 15.0. The normalized spacial score (nSPS) is 11.3. The lowest BCUT2D eigenvalue weighted by Gasteiger charge is -2.14. The van der Waals surface area contributed by atoms with Crippen LogP contribution in [0.3, 0.4) is 0 Å². The molecule has 1 aliphatic rings. The number of carbonyl (C=O) groups is 1. The average Bonchev–Trinajstić information content (AvgIpc) is 3.04. The van der Waals surface area contributed by atoms with E-state index in [1.165, 1.54) is 6.07 Å². The minimum absolute atomic E-state index is 0.258. The molecule has 0 bridgehead atoms. The quantitative estimate of drug-likeness (QED) is 0.567. The number of carbonyl (C=O) groups excluding carboxylic acids is 1. The topological polar surface area (TPSA) is 56.0 Å². The predicted octanol–water partition coefficient (Wildman–Crippen LogP) is 3.85. The molecule has 27 heavy (non-hydrogen) atoms. The van der Waals surface area contributed by atoms with Gasteiger partial charge in [0, 0.05) is 23.7 Å². The van der Waals surface area contributed by atoms with Crippen molar-refractivity contribution in [2.24, 2.45) is 5.73 Å². The molecule has 0 atom stereocenters. The largest absolute Gasteiger partial charge is 0.366 e. The van der Waals surface area contributed by atoms with Crippen molar-refractivity contribution in [3.05, 3.63) is 88.0 Å². The molecule has 0 unspecified atom stereocenters. The standard InChI is InChI=1S/C23H17FN2O/c1-2-5-16-9-8-14(13-26-16)10-20-21(24)12-19(23(25)27)18-11-15-6-3-4-7-17(15)22(18)20/h3-4,6-9,12-13H,10-11H2,1H3,(H2,25,27). The second-order valence-corrected chi connectivity index (χ2v) is 6.54. The molecule has 2 aromatic carbocycles. The van der Waals surface area contributed by atoms with Crippen molar-refractivity contribution >= 4 is 5.91 Å². The second kappa shape index (κ2) is 6.69. The number of nitrogens with zero attached hydrogens (tertiary/aromatic N) is 1. The van der Waals surface area contributed by atoms with E-state index in [9.17, 15) is 9.18 Å². The van der Waals surface area contributed by atoms with E-state index >= 15 is 0 Å². The van der Waals surface area contributed by atoms with Crippen LogP contribution in [0.15, 0.2) is 48.7 Å². The number of amides is 1. The van der Waals surface area contributed by atoms with E-state index < -0.39 is 11.7 Å². The predicted molar refractivity (Wildman–Crippen MR) is 103 cm³/mol. The molecule has 2 N–H and O–H groups in total. The first-order valence-corrected chi connectivity index (χ1v) is 8.68. The van der Waals surface area contributed by atoms with Gasteiger partial charge >= 0.3 is 0 Å². The van der Waals surface area contributed by atoms with Crippen molar-refractivity contribution in [3.8, 4) is 23.0 Å². The van der Waals surface area contributed by atoms with Gasteiger partial charge in [0.1, 0.15) is 11.5 Å². The van der Waals surface area contributed by atoms with Crippen LogP contribution in [0.25, 0.3) is 11.1 Å². The Bertz CT molecular complexity index is 1120. The van der Waals surface area contributed by atoms with E-state index in [0.29, 0.717) is 24.1 Å². The third kappa shape index (κ3) is 2.98. The van der Waals surface area contributed by atoms with Gasteiger partial charge in [-0.15, -0.1) is 0 Å². The number of hydrogen-bond donors (Lipinski definition) is 1. The molecule has 0 fully saturated rings. The van der Waals surface area contributed by atoms with E-state index in [4.69, 9.17) is 5.73 Å². The first-order chi connectivity index (χ1) is 13.1. The highest BCUT2D eigenvalue weighted by Crippen LogP contribution is 2.42. The zero-order chi connectivity index (χ0) is 19.0. The Kier molecular flexibility index (Phi) is 4.21. The molecule has 1 amide bonds. The second-order valence-electron chi connectivity index (χ2n) is 6.54. The first-order valence-electron chi connectivity index (χ1n) is 8.68. The fourth-order valence-electron chi connectivity index (χ4n) is 3.68. The van der Waals surface area contributed by atoms with Crippen LogP contribution in [0, 0.1) is 17.7 Å². The highest BCUT2D eigenvalue weighted by molar-refractivity contribution is 5.98. The van der Waals surface area contributed by atoms with Gasteiger partial charge in [0.15, 0.2) is 0 Å². The van der Waals surface area contributed by atoms with E-state index in [1.807, 2.05) is 36.4 Å². The van der Waals surface area contributed by atoms with Crippen LogP contribution in [-0.2, 0) is 12.8 Å². The third-order valence-corrected chi connectivity index (χ3v) is 4.87. The molecule has 0 spiro atoms. The molecular weight excluding hydrogens is 339 g/mol. The number of halogens is 1. The van der Waals surface area contributed by atoms with Gasteiger partial charge in [-0.1, -0.05) is 36.3 Å². The van der Waals surface area contributed by atoms with Crippen LogP contribution < -0.4 is 5.73 Å². The van der Waals surface area contributed by atoms with Gasteiger partial charge < -0.3 is 5.73 Å². The van der Waals surface area contributed by atoms with Gasteiger partial charge in [-0.05, 0) is 59.2 Å². The number of benzene rings is 2.